The quantitative estimate of drug-likeness (QED) is 0.192. The van der Waals surface area contributed by atoms with Gasteiger partial charge in [0.25, 0.3) is 5.91 Å². The van der Waals surface area contributed by atoms with Gasteiger partial charge in [0, 0.05) is 23.7 Å². The van der Waals surface area contributed by atoms with Gasteiger partial charge in [0.2, 0.25) is 0 Å². The van der Waals surface area contributed by atoms with Gasteiger partial charge in [-0.2, -0.15) is 10.4 Å². The van der Waals surface area contributed by atoms with Gasteiger partial charge in [-0.05, 0) is 63.6 Å². The number of carbonyl (C=O) groups is 1. The van der Waals surface area contributed by atoms with Gasteiger partial charge in [-0.25, -0.2) is 19.0 Å². The van der Waals surface area contributed by atoms with E-state index in [2.05, 4.69) is 27.9 Å². The minimum atomic E-state index is -0.540. The topological polar surface area (TPSA) is 135 Å². The molecule has 2 fully saturated rings. The van der Waals surface area contributed by atoms with Gasteiger partial charge < -0.3 is 20.1 Å². The third kappa shape index (κ3) is 6.03. The number of benzene rings is 2. The second-order valence-electron chi connectivity index (χ2n) is 12.1. The van der Waals surface area contributed by atoms with Gasteiger partial charge in [-0.3, -0.25) is 9.69 Å². The molecule has 2 aromatic carbocycles. The minimum Gasteiger partial charge on any atom is -0.457 e. The molecule has 12 heteroatoms. The van der Waals surface area contributed by atoms with Crippen molar-refractivity contribution in [1.29, 1.82) is 5.26 Å². The molecule has 2 aliphatic rings. The maximum absolute atomic E-state index is 15.6. The number of carbonyl (C=O) groups excluding carboxylic acids is 1. The highest BCUT2D eigenvalue weighted by Crippen LogP contribution is 2.35. The number of ether oxygens (including phenoxy) is 2. The molecular weight excluding hydrogens is 587 g/mol. The molecule has 0 spiro atoms. The summed E-state index contributed by atoms with van der Waals surface area (Å²) in [5.41, 5.74) is 6.83. The monoisotopic (exact) mass is 624 g/mol. The number of nitrogens with two attached hydrogens (primary N) is 1. The van der Waals surface area contributed by atoms with Crippen LogP contribution in [0.4, 0.5) is 10.2 Å². The van der Waals surface area contributed by atoms with Crippen LogP contribution in [0.2, 0.25) is 0 Å². The van der Waals surface area contributed by atoms with Crippen LogP contribution in [-0.4, -0.2) is 79.4 Å². The van der Waals surface area contributed by atoms with Crippen LogP contribution in [-0.2, 0) is 16.1 Å². The smallest absolute Gasteiger partial charge is 0.264 e. The Hall–Kier alpha value is -4.86. The summed E-state index contributed by atoms with van der Waals surface area (Å²) in [6.07, 6.45) is 4.61. The number of nitrogen functional groups attached to an aromatic ring is 1. The van der Waals surface area contributed by atoms with E-state index in [4.69, 9.17) is 20.3 Å². The predicted molar refractivity (Wildman–Crippen MR) is 171 cm³/mol. The lowest BCUT2D eigenvalue weighted by Gasteiger charge is -2.45. The molecule has 4 heterocycles. The van der Waals surface area contributed by atoms with Crippen molar-refractivity contribution in [2.45, 2.75) is 57.8 Å². The number of nitriles is 1. The summed E-state index contributed by atoms with van der Waals surface area (Å²) in [7, 11) is 0. The van der Waals surface area contributed by atoms with E-state index in [9.17, 15) is 10.1 Å². The van der Waals surface area contributed by atoms with E-state index in [1.54, 1.807) is 39.9 Å². The fourth-order valence-corrected chi connectivity index (χ4v) is 6.49. The normalized spacial score (nSPS) is 17.3. The number of aromatic nitrogens is 4. The van der Waals surface area contributed by atoms with Gasteiger partial charge in [0.1, 0.15) is 46.8 Å². The van der Waals surface area contributed by atoms with Crippen molar-refractivity contribution in [2.75, 3.05) is 32.0 Å². The molecule has 2 aromatic heterocycles. The molecule has 2 aliphatic heterocycles. The molecule has 46 heavy (non-hydrogen) atoms. The van der Waals surface area contributed by atoms with E-state index < -0.39 is 11.4 Å². The standard InChI is InChI=1S/C34H37FN8O3/c1-4-42(24-19-45-20-24)34(2,3)16-22(17-36)33(44)41-14-8-9-23(41)18-43-32-29(31(37)38-21-39-32)30(40-43)27-13-12-26(15-28(27)35)46-25-10-6-5-7-11-25/h5-7,10-13,15-16,21,23-24H,4,8-9,14,18-20H2,1-3H3,(H2,37,38,39)/b22-16-. The maximum Gasteiger partial charge on any atom is 0.264 e. The lowest BCUT2D eigenvalue weighted by atomic mass is 9.95. The van der Waals surface area contributed by atoms with Crippen molar-refractivity contribution in [3.8, 4) is 28.8 Å². The Bertz CT molecular complexity index is 1810. The van der Waals surface area contributed by atoms with E-state index in [0.29, 0.717) is 54.4 Å². The lowest BCUT2D eigenvalue weighted by molar-refractivity contribution is -0.127. The highest BCUT2D eigenvalue weighted by atomic mass is 19.1. The Kier molecular flexibility index (Phi) is 8.71. The van der Waals surface area contributed by atoms with E-state index in [-0.39, 0.29) is 41.5 Å². The average Bonchev–Trinajstić information content (AvgIpc) is 3.63. The van der Waals surface area contributed by atoms with Crippen LogP contribution in [0.15, 0.2) is 66.5 Å². The summed E-state index contributed by atoms with van der Waals surface area (Å²) in [5.74, 6) is 0.245. The number of likely N-dealkylation sites (tertiary alicyclic amines) is 1. The largest absolute Gasteiger partial charge is 0.457 e. The van der Waals surface area contributed by atoms with Crippen molar-refractivity contribution in [3.63, 3.8) is 0 Å². The van der Waals surface area contributed by atoms with Gasteiger partial charge >= 0.3 is 0 Å². The molecule has 11 nitrogen and oxygen atoms in total. The number of halogens is 1. The fourth-order valence-electron chi connectivity index (χ4n) is 6.49. The Balaban J connectivity index is 1.27. The predicted octanol–water partition coefficient (Wildman–Crippen LogP) is 4.95. The summed E-state index contributed by atoms with van der Waals surface area (Å²) in [6.45, 7) is 8.94. The highest BCUT2D eigenvalue weighted by Gasteiger charge is 2.37. The first-order valence-electron chi connectivity index (χ1n) is 15.5. The number of para-hydroxylation sites is 1. The van der Waals surface area contributed by atoms with Crippen molar-refractivity contribution >= 4 is 22.8 Å². The third-order valence-electron chi connectivity index (χ3n) is 8.75. The SMILES string of the molecule is CCN(C1COC1)C(C)(C)/C=C(/C#N)C(=O)N1CCCC1Cn1nc(-c2ccc(Oc3ccccc3)cc2F)c2c(N)ncnc21. The van der Waals surface area contributed by atoms with Crippen molar-refractivity contribution in [3.05, 3.63) is 72.3 Å². The lowest BCUT2D eigenvalue weighted by Crippen LogP contribution is -2.57. The number of nitrogens with zero attached hydrogens (tertiary/aromatic N) is 7. The fraction of sp³-hybridized carbons (Fsp3) is 0.382. The number of likely N-dealkylation sites (N-methyl/N-ethyl adjacent to an activating group) is 1. The van der Waals surface area contributed by atoms with Crippen molar-refractivity contribution in [2.24, 2.45) is 0 Å². The number of amides is 1. The summed E-state index contributed by atoms with van der Waals surface area (Å²) < 4.78 is 28.4. The summed E-state index contributed by atoms with van der Waals surface area (Å²) in [4.78, 5) is 26.4. The van der Waals surface area contributed by atoms with Crippen LogP contribution < -0.4 is 10.5 Å². The van der Waals surface area contributed by atoms with Crippen LogP contribution in [0, 0.1) is 17.1 Å². The van der Waals surface area contributed by atoms with Gasteiger partial charge in [0.15, 0.2) is 5.65 Å². The minimum absolute atomic E-state index is 0.105. The molecule has 0 radical (unpaired) electrons. The van der Waals surface area contributed by atoms with E-state index in [1.807, 2.05) is 32.0 Å². The highest BCUT2D eigenvalue weighted by molar-refractivity contribution is 5.99. The van der Waals surface area contributed by atoms with E-state index >= 15 is 4.39 Å². The zero-order chi connectivity index (χ0) is 32.4. The van der Waals surface area contributed by atoms with Crippen molar-refractivity contribution < 1.29 is 18.7 Å². The second-order valence-corrected chi connectivity index (χ2v) is 12.1. The molecular formula is C34H37FN8O3. The molecule has 1 amide bonds. The molecule has 2 N–H and O–H groups in total. The number of hydrogen-bond acceptors (Lipinski definition) is 9. The molecule has 4 aromatic rings. The Morgan fingerprint density at radius 2 is 2.00 bits per heavy atom. The molecule has 0 saturated carbocycles. The zero-order valence-corrected chi connectivity index (χ0v) is 26.2. The van der Waals surface area contributed by atoms with Crippen LogP contribution in [0.3, 0.4) is 0 Å². The molecule has 6 rings (SSSR count). The molecule has 1 atom stereocenters. The Morgan fingerprint density at radius 1 is 1.22 bits per heavy atom. The first-order chi connectivity index (χ1) is 22.2. The number of anilines is 1. The molecule has 1 unspecified atom stereocenters. The number of hydrogen-bond donors (Lipinski definition) is 1. The molecule has 2 saturated heterocycles. The summed E-state index contributed by atoms with van der Waals surface area (Å²) in [6, 6.07) is 15.9. The maximum atomic E-state index is 15.6. The molecule has 0 bridgehead atoms. The Labute approximate surface area is 267 Å². The van der Waals surface area contributed by atoms with E-state index in [0.717, 1.165) is 13.0 Å². The first-order valence-corrected chi connectivity index (χ1v) is 15.5. The van der Waals surface area contributed by atoms with Crippen molar-refractivity contribution in [1.82, 2.24) is 29.5 Å². The van der Waals surface area contributed by atoms with Crippen LogP contribution >= 0.6 is 0 Å². The van der Waals surface area contributed by atoms with Crippen LogP contribution in [0.5, 0.6) is 11.5 Å². The average molecular weight is 625 g/mol. The van der Waals surface area contributed by atoms with Gasteiger partial charge in [-0.15, -0.1) is 0 Å². The molecule has 238 valence electrons. The third-order valence-corrected chi connectivity index (χ3v) is 8.75. The molecule has 0 aliphatic carbocycles. The summed E-state index contributed by atoms with van der Waals surface area (Å²) in [5, 5.41) is 15.3. The number of rotatable bonds is 10. The van der Waals surface area contributed by atoms with Crippen LogP contribution in [0.25, 0.3) is 22.3 Å². The Morgan fingerprint density at radius 3 is 2.67 bits per heavy atom. The second kappa shape index (κ2) is 12.9. The number of fused-ring (bicyclic) bond motifs is 1. The van der Waals surface area contributed by atoms with Crippen LogP contribution in [0.1, 0.15) is 33.6 Å². The first kappa shape index (κ1) is 31.1. The van der Waals surface area contributed by atoms with E-state index in [1.165, 1.54) is 12.4 Å². The summed E-state index contributed by atoms with van der Waals surface area (Å²) >= 11 is 0. The van der Waals surface area contributed by atoms with Gasteiger partial charge in [0.05, 0.1) is 37.2 Å². The van der Waals surface area contributed by atoms with Gasteiger partial charge in [-0.1, -0.05) is 25.1 Å². The zero-order valence-electron chi connectivity index (χ0n) is 26.2.